The van der Waals surface area contributed by atoms with Gasteiger partial charge in [-0.25, -0.2) is 8.78 Å². The smallest absolute Gasteiger partial charge is 0.260 e. The van der Waals surface area contributed by atoms with Crippen molar-refractivity contribution < 1.29 is 13.6 Å². The zero-order valence-electron chi connectivity index (χ0n) is 11.5. The van der Waals surface area contributed by atoms with E-state index in [0.717, 1.165) is 0 Å². The molecule has 106 valence electrons. The average Bonchev–Trinajstić information content (AvgIpc) is 2.49. The van der Waals surface area contributed by atoms with E-state index in [1.807, 2.05) is 6.07 Å². The highest BCUT2D eigenvalue weighted by molar-refractivity contribution is 6.06. The first-order valence-electron chi connectivity index (χ1n) is 6.18. The molecule has 0 radical (unpaired) electrons. The Hall–Kier alpha value is -2.74. The molecule has 0 heterocycles. The van der Waals surface area contributed by atoms with Gasteiger partial charge >= 0.3 is 0 Å². The second kappa shape index (κ2) is 5.71. The van der Waals surface area contributed by atoms with E-state index in [1.165, 1.54) is 24.9 Å². The molecular weight excluding hydrogens is 274 g/mol. The van der Waals surface area contributed by atoms with E-state index in [-0.39, 0.29) is 11.1 Å². The number of aryl methyl sites for hydroxylation is 1. The lowest BCUT2D eigenvalue weighted by Crippen LogP contribution is -2.27. The van der Waals surface area contributed by atoms with Gasteiger partial charge in [0, 0.05) is 18.8 Å². The summed E-state index contributed by atoms with van der Waals surface area (Å²) in [5.74, 6) is -2.17. The van der Waals surface area contributed by atoms with Gasteiger partial charge in [-0.2, -0.15) is 5.26 Å². The highest BCUT2D eigenvalue weighted by Gasteiger charge is 2.19. The number of nitriles is 1. The molecule has 0 bridgehead atoms. The molecule has 0 unspecified atom stereocenters. The fraction of sp³-hybridized carbons (Fsp3) is 0.125. The van der Waals surface area contributed by atoms with Gasteiger partial charge in [0.2, 0.25) is 0 Å². The predicted octanol–water partition coefficient (Wildman–Crippen LogP) is 3.42. The van der Waals surface area contributed by atoms with Crippen molar-refractivity contribution in [1.82, 2.24) is 0 Å². The first-order valence-corrected chi connectivity index (χ1v) is 6.18. The van der Waals surface area contributed by atoms with Crippen LogP contribution in [0.3, 0.4) is 0 Å². The molecule has 2 aromatic rings. The Kier molecular flexibility index (Phi) is 3.99. The van der Waals surface area contributed by atoms with Gasteiger partial charge in [-0.3, -0.25) is 4.79 Å². The molecule has 0 saturated carbocycles. The zero-order valence-corrected chi connectivity index (χ0v) is 11.5. The molecule has 0 N–H and O–H groups in total. The maximum atomic E-state index is 13.7. The van der Waals surface area contributed by atoms with Crippen molar-refractivity contribution in [2.24, 2.45) is 0 Å². The molecule has 5 heteroatoms. The lowest BCUT2D eigenvalue weighted by Gasteiger charge is -2.18. The van der Waals surface area contributed by atoms with E-state index in [9.17, 15) is 13.6 Å². The summed E-state index contributed by atoms with van der Waals surface area (Å²) in [5, 5.41) is 8.73. The fourth-order valence-electron chi connectivity index (χ4n) is 1.88. The van der Waals surface area contributed by atoms with Crippen LogP contribution in [-0.2, 0) is 0 Å². The number of benzene rings is 2. The van der Waals surface area contributed by atoms with Crippen molar-refractivity contribution >= 4 is 11.6 Å². The SMILES string of the molecule is Cc1cc(C(=O)N(C)c2ccc(C#N)cc2)c(F)cc1F. The molecule has 1 amide bonds. The van der Waals surface area contributed by atoms with Crippen LogP contribution < -0.4 is 4.90 Å². The van der Waals surface area contributed by atoms with Crippen LogP contribution in [0.1, 0.15) is 21.5 Å². The van der Waals surface area contributed by atoms with Gasteiger partial charge < -0.3 is 4.90 Å². The molecule has 0 atom stereocenters. The molecule has 0 aromatic heterocycles. The molecular formula is C16H12F2N2O. The van der Waals surface area contributed by atoms with Crippen molar-refractivity contribution in [1.29, 1.82) is 5.26 Å². The minimum absolute atomic E-state index is 0.194. The molecule has 0 fully saturated rings. The summed E-state index contributed by atoms with van der Waals surface area (Å²) >= 11 is 0. The molecule has 0 aliphatic rings. The van der Waals surface area contributed by atoms with Gasteiger partial charge in [0.25, 0.3) is 5.91 Å². The first-order chi connectivity index (χ1) is 9.93. The van der Waals surface area contributed by atoms with Crippen molar-refractivity contribution in [3.63, 3.8) is 0 Å². The van der Waals surface area contributed by atoms with E-state index >= 15 is 0 Å². The Morgan fingerprint density at radius 3 is 2.33 bits per heavy atom. The molecule has 0 aliphatic carbocycles. The van der Waals surface area contributed by atoms with Gasteiger partial charge in [0.1, 0.15) is 11.6 Å². The van der Waals surface area contributed by atoms with Crippen LogP contribution in [0.15, 0.2) is 36.4 Å². The third kappa shape index (κ3) is 2.90. The molecule has 2 aromatic carbocycles. The maximum Gasteiger partial charge on any atom is 0.260 e. The van der Waals surface area contributed by atoms with Crippen molar-refractivity contribution in [3.8, 4) is 6.07 Å². The normalized spacial score (nSPS) is 10.0. The number of amides is 1. The van der Waals surface area contributed by atoms with Crippen molar-refractivity contribution in [3.05, 3.63) is 64.7 Å². The van der Waals surface area contributed by atoms with E-state index < -0.39 is 17.5 Å². The lowest BCUT2D eigenvalue weighted by atomic mass is 10.1. The van der Waals surface area contributed by atoms with Crippen LogP contribution >= 0.6 is 0 Å². The summed E-state index contributed by atoms with van der Waals surface area (Å²) in [6.45, 7) is 1.47. The Morgan fingerprint density at radius 1 is 1.14 bits per heavy atom. The third-order valence-corrected chi connectivity index (χ3v) is 3.17. The Morgan fingerprint density at radius 2 is 1.76 bits per heavy atom. The Bertz CT molecular complexity index is 733. The second-order valence-corrected chi connectivity index (χ2v) is 4.60. The minimum Gasteiger partial charge on any atom is -0.311 e. The number of halogens is 2. The molecule has 0 saturated heterocycles. The summed E-state index contributed by atoms with van der Waals surface area (Å²) in [4.78, 5) is 13.5. The molecule has 21 heavy (non-hydrogen) atoms. The van der Waals surface area contributed by atoms with Crippen LogP contribution in [0.5, 0.6) is 0 Å². The van der Waals surface area contributed by atoms with Gasteiger partial charge in [0.15, 0.2) is 0 Å². The second-order valence-electron chi connectivity index (χ2n) is 4.60. The highest BCUT2D eigenvalue weighted by atomic mass is 19.1. The molecule has 0 spiro atoms. The predicted molar refractivity (Wildman–Crippen MR) is 75.0 cm³/mol. The third-order valence-electron chi connectivity index (χ3n) is 3.17. The van der Waals surface area contributed by atoms with Crippen LogP contribution in [0.25, 0.3) is 0 Å². The van der Waals surface area contributed by atoms with E-state index in [0.29, 0.717) is 17.3 Å². The molecule has 2 rings (SSSR count). The van der Waals surface area contributed by atoms with Gasteiger partial charge in [-0.1, -0.05) is 0 Å². The number of rotatable bonds is 2. The summed E-state index contributed by atoms with van der Waals surface area (Å²) in [6.07, 6.45) is 0. The summed E-state index contributed by atoms with van der Waals surface area (Å²) in [6, 6.07) is 10.2. The average molecular weight is 286 g/mol. The Labute approximate surface area is 121 Å². The van der Waals surface area contributed by atoms with Crippen LogP contribution in [0.2, 0.25) is 0 Å². The maximum absolute atomic E-state index is 13.7. The molecule has 3 nitrogen and oxygen atoms in total. The summed E-state index contributed by atoms with van der Waals surface area (Å²) < 4.78 is 27.0. The van der Waals surface area contributed by atoms with Crippen molar-refractivity contribution in [2.45, 2.75) is 6.92 Å². The largest absolute Gasteiger partial charge is 0.311 e. The summed E-state index contributed by atoms with van der Waals surface area (Å²) in [5.41, 5.74) is 0.984. The van der Waals surface area contributed by atoms with E-state index in [1.54, 1.807) is 24.3 Å². The van der Waals surface area contributed by atoms with Crippen LogP contribution in [-0.4, -0.2) is 13.0 Å². The minimum atomic E-state index is -0.899. The standard InChI is InChI=1S/C16H12F2N2O/c1-10-7-13(15(18)8-14(10)17)16(21)20(2)12-5-3-11(9-19)4-6-12/h3-8H,1-2H3. The first kappa shape index (κ1) is 14.7. The monoisotopic (exact) mass is 286 g/mol. The topological polar surface area (TPSA) is 44.1 Å². The van der Waals surface area contributed by atoms with Crippen LogP contribution in [0.4, 0.5) is 14.5 Å². The quantitative estimate of drug-likeness (QED) is 0.849. The van der Waals surface area contributed by atoms with E-state index in [2.05, 4.69) is 0 Å². The van der Waals surface area contributed by atoms with Gasteiger partial charge in [-0.05, 0) is 42.8 Å². The number of nitrogens with zero attached hydrogens (tertiary/aromatic N) is 2. The van der Waals surface area contributed by atoms with Gasteiger partial charge in [-0.15, -0.1) is 0 Å². The number of anilines is 1. The number of hydrogen-bond donors (Lipinski definition) is 0. The van der Waals surface area contributed by atoms with Crippen LogP contribution in [0, 0.1) is 29.9 Å². The summed E-state index contributed by atoms with van der Waals surface area (Å²) in [7, 11) is 1.49. The van der Waals surface area contributed by atoms with Gasteiger partial charge in [0.05, 0.1) is 17.2 Å². The lowest BCUT2D eigenvalue weighted by molar-refractivity contribution is 0.0989. The van der Waals surface area contributed by atoms with E-state index in [4.69, 9.17) is 5.26 Å². The number of carbonyl (C=O) groups excluding carboxylic acids is 1. The Balaban J connectivity index is 2.35. The highest BCUT2D eigenvalue weighted by Crippen LogP contribution is 2.20. The zero-order chi connectivity index (χ0) is 15.6. The fourth-order valence-corrected chi connectivity index (χ4v) is 1.88. The number of carbonyl (C=O) groups is 1. The number of hydrogen-bond acceptors (Lipinski definition) is 2. The van der Waals surface area contributed by atoms with Crippen molar-refractivity contribution in [2.75, 3.05) is 11.9 Å². The molecule has 0 aliphatic heterocycles.